The summed E-state index contributed by atoms with van der Waals surface area (Å²) in [5.41, 5.74) is 1.26. The number of aromatic amines is 1. The molecule has 21 heavy (non-hydrogen) atoms. The van der Waals surface area contributed by atoms with Gasteiger partial charge in [-0.25, -0.2) is 4.98 Å². The van der Waals surface area contributed by atoms with Crippen LogP contribution in [0.15, 0.2) is 24.4 Å². The molecule has 5 nitrogen and oxygen atoms in total. The third-order valence-electron chi connectivity index (χ3n) is 4.57. The molecule has 0 bridgehead atoms. The third-order valence-corrected chi connectivity index (χ3v) is 4.57. The molecule has 0 atom stereocenters. The van der Waals surface area contributed by atoms with Crippen LogP contribution < -0.4 is 5.32 Å². The zero-order valence-corrected chi connectivity index (χ0v) is 12.0. The zero-order chi connectivity index (χ0) is 14.2. The number of amides is 1. The molecule has 0 unspecified atom stereocenters. The number of carbonyl (C=O) groups excluding carboxylic acids is 1. The number of piperidine rings is 1. The van der Waals surface area contributed by atoms with Gasteiger partial charge in [-0.15, -0.1) is 0 Å². The third kappa shape index (κ3) is 2.65. The van der Waals surface area contributed by atoms with E-state index in [0.717, 1.165) is 43.0 Å². The fourth-order valence-corrected chi connectivity index (χ4v) is 3.16. The minimum Gasteiger partial charge on any atom is -0.348 e. The van der Waals surface area contributed by atoms with Crippen molar-refractivity contribution in [3.8, 4) is 0 Å². The van der Waals surface area contributed by atoms with E-state index < -0.39 is 0 Å². The molecule has 2 aromatic heterocycles. The molecule has 0 aromatic carbocycles. The molecule has 4 rings (SSSR count). The van der Waals surface area contributed by atoms with Gasteiger partial charge < -0.3 is 15.2 Å². The Kier molecular flexibility index (Phi) is 3.15. The van der Waals surface area contributed by atoms with Crippen molar-refractivity contribution in [2.24, 2.45) is 0 Å². The van der Waals surface area contributed by atoms with Crippen LogP contribution in [0.2, 0.25) is 0 Å². The molecule has 2 N–H and O–H groups in total. The molecule has 1 aliphatic heterocycles. The molecular formula is C16H20N4O. The van der Waals surface area contributed by atoms with Crippen LogP contribution in [0.3, 0.4) is 0 Å². The first-order chi connectivity index (χ1) is 10.3. The quantitative estimate of drug-likeness (QED) is 0.905. The summed E-state index contributed by atoms with van der Waals surface area (Å²) < 4.78 is 0. The Bertz CT molecular complexity index is 653. The monoisotopic (exact) mass is 284 g/mol. The number of nitrogens with zero attached hydrogens (tertiary/aromatic N) is 2. The van der Waals surface area contributed by atoms with Gasteiger partial charge in [0.2, 0.25) is 0 Å². The van der Waals surface area contributed by atoms with Crippen LogP contribution in [0.5, 0.6) is 0 Å². The van der Waals surface area contributed by atoms with Gasteiger partial charge in [-0.2, -0.15) is 0 Å². The second-order valence-electron chi connectivity index (χ2n) is 6.13. The molecule has 2 aromatic rings. The standard InChI is InChI=1S/C16H20N4O/c21-16(14-4-1-11-5-8-17-15(11)19-14)18-12-6-9-20(10-7-12)13-2-3-13/h1,4-5,8,12-13H,2-3,6-7,9-10H2,(H,17,19)(H,18,21). The minimum absolute atomic E-state index is 0.0589. The average molecular weight is 284 g/mol. The number of hydrogen-bond acceptors (Lipinski definition) is 3. The van der Waals surface area contributed by atoms with Gasteiger partial charge in [0.25, 0.3) is 5.91 Å². The summed E-state index contributed by atoms with van der Waals surface area (Å²) in [6, 6.07) is 6.80. The second kappa shape index (κ2) is 5.15. The molecule has 1 aliphatic carbocycles. The van der Waals surface area contributed by atoms with E-state index in [1.165, 1.54) is 12.8 Å². The Morgan fingerprint density at radius 3 is 2.76 bits per heavy atom. The van der Waals surface area contributed by atoms with Crippen LogP contribution in [-0.2, 0) is 0 Å². The van der Waals surface area contributed by atoms with Crippen LogP contribution in [0, 0.1) is 0 Å². The number of rotatable bonds is 3. The van der Waals surface area contributed by atoms with Gasteiger partial charge in [0, 0.05) is 36.8 Å². The molecule has 1 saturated carbocycles. The van der Waals surface area contributed by atoms with Crippen LogP contribution in [0.1, 0.15) is 36.2 Å². The number of likely N-dealkylation sites (tertiary alicyclic amines) is 1. The minimum atomic E-state index is -0.0589. The lowest BCUT2D eigenvalue weighted by Gasteiger charge is -2.32. The van der Waals surface area contributed by atoms with Crippen molar-refractivity contribution in [3.63, 3.8) is 0 Å². The maximum Gasteiger partial charge on any atom is 0.270 e. The maximum atomic E-state index is 12.3. The number of aromatic nitrogens is 2. The normalized spacial score (nSPS) is 20.8. The first kappa shape index (κ1) is 12.8. The summed E-state index contributed by atoms with van der Waals surface area (Å²) in [4.78, 5) is 22.3. The molecule has 0 radical (unpaired) electrons. The number of hydrogen-bond donors (Lipinski definition) is 2. The van der Waals surface area contributed by atoms with Crippen molar-refractivity contribution in [2.75, 3.05) is 13.1 Å². The molecule has 1 saturated heterocycles. The predicted molar refractivity (Wildman–Crippen MR) is 81.2 cm³/mol. The Morgan fingerprint density at radius 1 is 1.19 bits per heavy atom. The Balaban J connectivity index is 1.38. The van der Waals surface area contributed by atoms with E-state index in [0.29, 0.717) is 5.69 Å². The molecule has 110 valence electrons. The highest BCUT2D eigenvalue weighted by atomic mass is 16.1. The maximum absolute atomic E-state index is 12.3. The van der Waals surface area contributed by atoms with E-state index in [2.05, 4.69) is 20.2 Å². The highest BCUT2D eigenvalue weighted by Gasteiger charge is 2.32. The number of H-pyrrole nitrogens is 1. The van der Waals surface area contributed by atoms with Gasteiger partial charge in [0.15, 0.2) is 0 Å². The lowest BCUT2D eigenvalue weighted by Crippen LogP contribution is -2.45. The topological polar surface area (TPSA) is 61.0 Å². The largest absolute Gasteiger partial charge is 0.348 e. The van der Waals surface area contributed by atoms with E-state index in [-0.39, 0.29) is 11.9 Å². The molecule has 5 heteroatoms. The SMILES string of the molecule is O=C(NC1CCN(C2CC2)CC1)c1ccc2cc[nH]c2n1. The summed E-state index contributed by atoms with van der Waals surface area (Å²) in [7, 11) is 0. The number of pyridine rings is 1. The molecule has 2 aliphatic rings. The summed E-state index contributed by atoms with van der Waals surface area (Å²) in [6.07, 6.45) is 6.65. The fourth-order valence-electron chi connectivity index (χ4n) is 3.16. The van der Waals surface area contributed by atoms with Crippen molar-refractivity contribution in [2.45, 2.75) is 37.8 Å². The van der Waals surface area contributed by atoms with Crippen molar-refractivity contribution in [3.05, 3.63) is 30.1 Å². The molecule has 2 fully saturated rings. The Morgan fingerprint density at radius 2 is 2.00 bits per heavy atom. The lowest BCUT2D eigenvalue weighted by molar-refractivity contribution is 0.0904. The van der Waals surface area contributed by atoms with Gasteiger partial charge >= 0.3 is 0 Å². The second-order valence-corrected chi connectivity index (χ2v) is 6.13. The van der Waals surface area contributed by atoms with Crippen LogP contribution in [0.4, 0.5) is 0 Å². The van der Waals surface area contributed by atoms with E-state index in [1.807, 2.05) is 18.3 Å². The fraction of sp³-hybridized carbons (Fsp3) is 0.500. The van der Waals surface area contributed by atoms with E-state index in [9.17, 15) is 4.79 Å². The number of nitrogens with one attached hydrogen (secondary N) is 2. The van der Waals surface area contributed by atoms with Crippen LogP contribution in [-0.4, -0.2) is 45.9 Å². The van der Waals surface area contributed by atoms with Gasteiger partial charge in [0.1, 0.15) is 11.3 Å². The molecule has 1 amide bonds. The van der Waals surface area contributed by atoms with E-state index >= 15 is 0 Å². The van der Waals surface area contributed by atoms with Gasteiger partial charge in [-0.1, -0.05) is 0 Å². The predicted octanol–water partition coefficient (Wildman–Crippen LogP) is 1.92. The average Bonchev–Trinajstić information content (AvgIpc) is 3.25. The summed E-state index contributed by atoms with van der Waals surface area (Å²) in [5, 5.41) is 4.16. The van der Waals surface area contributed by atoms with Crippen molar-refractivity contribution < 1.29 is 4.79 Å². The van der Waals surface area contributed by atoms with Gasteiger partial charge in [0.05, 0.1) is 0 Å². The summed E-state index contributed by atoms with van der Waals surface area (Å²) in [5.74, 6) is -0.0589. The van der Waals surface area contributed by atoms with Crippen molar-refractivity contribution in [1.29, 1.82) is 0 Å². The van der Waals surface area contributed by atoms with Gasteiger partial charge in [-0.3, -0.25) is 4.79 Å². The van der Waals surface area contributed by atoms with Crippen molar-refractivity contribution in [1.82, 2.24) is 20.2 Å². The highest BCUT2D eigenvalue weighted by molar-refractivity contribution is 5.94. The lowest BCUT2D eigenvalue weighted by atomic mass is 10.0. The van der Waals surface area contributed by atoms with E-state index in [4.69, 9.17) is 0 Å². The molecule has 3 heterocycles. The summed E-state index contributed by atoms with van der Waals surface area (Å²) in [6.45, 7) is 2.22. The van der Waals surface area contributed by atoms with Crippen molar-refractivity contribution >= 4 is 16.9 Å². The smallest absolute Gasteiger partial charge is 0.270 e. The number of fused-ring (bicyclic) bond motifs is 1. The summed E-state index contributed by atoms with van der Waals surface area (Å²) >= 11 is 0. The molecular weight excluding hydrogens is 264 g/mol. The first-order valence-corrected chi connectivity index (χ1v) is 7.79. The molecule has 0 spiro atoms. The highest BCUT2D eigenvalue weighted by Crippen LogP contribution is 2.29. The number of carbonyl (C=O) groups is 1. The van der Waals surface area contributed by atoms with E-state index in [1.54, 1.807) is 6.07 Å². The van der Waals surface area contributed by atoms with Crippen LogP contribution in [0.25, 0.3) is 11.0 Å². The zero-order valence-electron chi connectivity index (χ0n) is 12.0. The van der Waals surface area contributed by atoms with Crippen LogP contribution >= 0.6 is 0 Å². The van der Waals surface area contributed by atoms with Gasteiger partial charge in [-0.05, 0) is 43.9 Å². The Hall–Kier alpha value is -1.88. The Labute approximate surface area is 123 Å². The first-order valence-electron chi connectivity index (χ1n) is 7.79.